The van der Waals surface area contributed by atoms with Gasteiger partial charge in [-0.25, -0.2) is 18.4 Å². The number of carbonyl (C=O) groups excluding carboxylic acids is 1. The van der Waals surface area contributed by atoms with E-state index >= 15 is 0 Å². The van der Waals surface area contributed by atoms with Crippen molar-refractivity contribution in [2.24, 2.45) is 0 Å². The second kappa shape index (κ2) is 9.37. The van der Waals surface area contributed by atoms with Crippen molar-refractivity contribution < 1.29 is 31.1 Å². The lowest BCUT2D eigenvalue weighted by atomic mass is 9.96. The molecule has 8 nitrogen and oxygen atoms in total. The van der Waals surface area contributed by atoms with Crippen LogP contribution in [0.3, 0.4) is 0 Å². The van der Waals surface area contributed by atoms with Gasteiger partial charge in [0.1, 0.15) is 10.8 Å². The quantitative estimate of drug-likeness (QED) is 0.584. The minimum Gasteiger partial charge on any atom is -0.460 e. The van der Waals surface area contributed by atoms with Gasteiger partial charge >= 0.3 is 6.18 Å². The summed E-state index contributed by atoms with van der Waals surface area (Å²) in [6.07, 6.45) is 1.66. The van der Waals surface area contributed by atoms with Gasteiger partial charge in [0.2, 0.25) is 5.88 Å². The molecule has 2 aliphatic heterocycles. The van der Waals surface area contributed by atoms with Crippen molar-refractivity contribution in [1.82, 2.24) is 15.3 Å². The Bertz CT molecular complexity index is 1240. The van der Waals surface area contributed by atoms with Gasteiger partial charge in [0.05, 0.1) is 10.5 Å². The number of nitrogens with zero attached hydrogens (tertiary/aromatic N) is 3. The number of aromatic nitrogens is 2. The van der Waals surface area contributed by atoms with E-state index in [4.69, 9.17) is 16.3 Å². The summed E-state index contributed by atoms with van der Waals surface area (Å²) >= 11 is 5.93. The fourth-order valence-electron chi connectivity index (χ4n) is 4.72. The first kappa shape index (κ1) is 26.5. The third-order valence-electron chi connectivity index (χ3n) is 6.52. The molecule has 0 spiro atoms. The van der Waals surface area contributed by atoms with E-state index in [-0.39, 0.29) is 33.9 Å². The van der Waals surface area contributed by atoms with Crippen LogP contribution in [0.2, 0.25) is 5.02 Å². The van der Waals surface area contributed by atoms with E-state index in [9.17, 15) is 26.4 Å². The number of hydrogen-bond donors (Lipinski definition) is 1. The van der Waals surface area contributed by atoms with Gasteiger partial charge in [-0.1, -0.05) is 11.6 Å². The van der Waals surface area contributed by atoms with Crippen LogP contribution in [0.5, 0.6) is 5.88 Å². The number of hydrogen-bond acceptors (Lipinski definition) is 7. The van der Waals surface area contributed by atoms with Crippen LogP contribution in [-0.2, 0) is 20.8 Å². The molecule has 196 valence electrons. The average molecular weight is 547 g/mol. The van der Waals surface area contributed by atoms with Crippen molar-refractivity contribution in [2.75, 3.05) is 11.2 Å². The molecule has 0 saturated carbocycles. The fourth-order valence-corrected chi connectivity index (χ4v) is 5.48. The molecule has 2 saturated heterocycles. The van der Waals surface area contributed by atoms with Crippen molar-refractivity contribution >= 4 is 33.2 Å². The molecular weight excluding hydrogens is 521 g/mol. The Morgan fingerprint density at radius 3 is 2.28 bits per heavy atom. The largest absolute Gasteiger partial charge is 0.460 e. The molecule has 4 rings (SSSR count). The van der Waals surface area contributed by atoms with Gasteiger partial charge in [-0.2, -0.15) is 13.2 Å². The van der Waals surface area contributed by atoms with Crippen LogP contribution in [-0.4, -0.2) is 54.3 Å². The lowest BCUT2D eigenvalue weighted by molar-refractivity contribution is -0.138. The van der Waals surface area contributed by atoms with E-state index < -0.39 is 33.1 Å². The number of ether oxygens (including phenoxy) is 1. The second-order valence-electron chi connectivity index (χ2n) is 9.68. The van der Waals surface area contributed by atoms with Crippen LogP contribution < -0.4 is 15.0 Å². The molecule has 0 aliphatic carbocycles. The summed E-state index contributed by atoms with van der Waals surface area (Å²) in [5.74, 6) is 0.00317. The number of alkyl halides is 3. The molecule has 4 heterocycles. The summed E-state index contributed by atoms with van der Waals surface area (Å²) in [6.45, 7) is 2.99. The summed E-state index contributed by atoms with van der Waals surface area (Å²) in [5.41, 5.74) is -2.44. The standard InChI is InChI=1S/C23H26ClF3N4O4S/c1-22(2,35-20-18(24)8-13(11-29-20)23(25,26)27)21(32)30-14-9-15-4-5-16(10-14)31(15)19-7-6-17(12-28-19)36(3,33)34/h6-8,11-12,14-16H,4-5,9-10H2,1-3H3,(H,30,32)/t14-,15+,16-. The van der Waals surface area contributed by atoms with Crippen LogP contribution >= 0.6 is 11.6 Å². The molecular formula is C23H26ClF3N4O4S. The molecule has 2 aromatic heterocycles. The normalized spacial score (nSPS) is 22.4. The summed E-state index contributed by atoms with van der Waals surface area (Å²) in [7, 11) is -3.34. The smallest absolute Gasteiger partial charge is 0.417 e. The number of anilines is 1. The number of piperidine rings is 1. The van der Waals surface area contributed by atoms with E-state index in [2.05, 4.69) is 20.2 Å². The molecule has 2 fully saturated rings. The first-order valence-corrected chi connectivity index (χ1v) is 13.6. The molecule has 1 amide bonds. The Hall–Kier alpha value is -2.60. The van der Waals surface area contributed by atoms with Gasteiger partial charge < -0.3 is 15.0 Å². The zero-order valence-corrected chi connectivity index (χ0v) is 21.4. The van der Waals surface area contributed by atoms with Gasteiger partial charge in [0, 0.05) is 36.8 Å². The first-order valence-electron chi connectivity index (χ1n) is 11.3. The monoisotopic (exact) mass is 546 g/mol. The first-order chi connectivity index (χ1) is 16.6. The molecule has 0 aromatic carbocycles. The Labute approximate surface area is 212 Å². The lowest BCUT2D eigenvalue weighted by Crippen LogP contribution is -2.55. The molecule has 3 atom stereocenters. The maximum Gasteiger partial charge on any atom is 0.417 e. The van der Waals surface area contributed by atoms with E-state index in [0.717, 1.165) is 19.1 Å². The Morgan fingerprint density at radius 1 is 1.14 bits per heavy atom. The average Bonchev–Trinajstić information content (AvgIpc) is 3.04. The van der Waals surface area contributed by atoms with Gasteiger partial charge in [0.15, 0.2) is 15.4 Å². The summed E-state index contributed by atoms with van der Waals surface area (Å²) in [6, 6.07) is 4.08. The second-order valence-corrected chi connectivity index (χ2v) is 12.1. The lowest BCUT2D eigenvalue weighted by Gasteiger charge is -2.40. The van der Waals surface area contributed by atoms with E-state index in [0.29, 0.717) is 30.9 Å². The number of carbonyl (C=O) groups is 1. The van der Waals surface area contributed by atoms with Crippen molar-refractivity contribution in [3.05, 3.63) is 41.2 Å². The van der Waals surface area contributed by atoms with Crippen LogP contribution in [0.4, 0.5) is 19.0 Å². The van der Waals surface area contributed by atoms with Gasteiger partial charge in [-0.15, -0.1) is 0 Å². The summed E-state index contributed by atoms with van der Waals surface area (Å²) in [5, 5.41) is 2.65. The highest BCUT2D eigenvalue weighted by molar-refractivity contribution is 7.90. The maximum atomic E-state index is 13.0. The van der Waals surface area contributed by atoms with Gasteiger partial charge in [-0.3, -0.25) is 4.79 Å². The Kier molecular flexibility index (Phi) is 6.89. The number of nitrogens with one attached hydrogen (secondary N) is 1. The zero-order chi connectivity index (χ0) is 26.5. The number of halogens is 4. The molecule has 36 heavy (non-hydrogen) atoms. The van der Waals surface area contributed by atoms with E-state index in [1.165, 1.54) is 20.0 Å². The zero-order valence-electron chi connectivity index (χ0n) is 19.8. The predicted octanol–water partition coefficient (Wildman–Crippen LogP) is 4.03. The van der Waals surface area contributed by atoms with Crippen molar-refractivity contribution in [1.29, 1.82) is 0 Å². The minimum atomic E-state index is -4.60. The molecule has 0 radical (unpaired) electrons. The molecule has 2 bridgehead atoms. The number of pyridine rings is 2. The van der Waals surface area contributed by atoms with E-state index in [1.54, 1.807) is 12.1 Å². The van der Waals surface area contributed by atoms with Gasteiger partial charge in [0.25, 0.3) is 5.91 Å². The van der Waals surface area contributed by atoms with Crippen molar-refractivity contribution in [2.45, 2.75) is 74.3 Å². The van der Waals surface area contributed by atoms with Crippen molar-refractivity contribution in [3.63, 3.8) is 0 Å². The van der Waals surface area contributed by atoms with Crippen molar-refractivity contribution in [3.8, 4) is 5.88 Å². The number of sulfone groups is 1. The molecule has 2 aromatic rings. The highest BCUT2D eigenvalue weighted by Crippen LogP contribution is 2.39. The van der Waals surface area contributed by atoms with Crippen LogP contribution in [0.25, 0.3) is 0 Å². The third kappa shape index (κ3) is 5.54. The third-order valence-corrected chi connectivity index (χ3v) is 7.88. The minimum absolute atomic E-state index is 0.126. The molecule has 0 unspecified atom stereocenters. The molecule has 2 aliphatic rings. The van der Waals surface area contributed by atoms with Gasteiger partial charge in [-0.05, 0) is 57.7 Å². The number of fused-ring (bicyclic) bond motifs is 2. The highest BCUT2D eigenvalue weighted by atomic mass is 35.5. The fraction of sp³-hybridized carbons (Fsp3) is 0.522. The van der Waals surface area contributed by atoms with E-state index in [1.807, 2.05) is 0 Å². The molecule has 1 N–H and O–H groups in total. The highest BCUT2D eigenvalue weighted by Gasteiger charge is 2.43. The SMILES string of the molecule is CC(C)(Oc1ncc(C(F)(F)F)cc1Cl)C(=O)N[C@H]1C[C@H]2CC[C@@H](C1)N2c1ccc(S(C)(=O)=O)cn1. The molecule has 13 heteroatoms. The predicted molar refractivity (Wildman–Crippen MR) is 127 cm³/mol. The summed E-state index contributed by atoms with van der Waals surface area (Å²) < 4.78 is 67.6. The maximum absolute atomic E-state index is 13.0. The topological polar surface area (TPSA) is 101 Å². The van der Waals surface area contributed by atoms with Crippen LogP contribution in [0.15, 0.2) is 35.5 Å². The Balaban J connectivity index is 1.40. The number of amides is 1. The summed E-state index contributed by atoms with van der Waals surface area (Å²) in [4.78, 5) is 23.4. The number of rotatable bonds is 6. The van der Waals surface area contributed by atoms with Crippen LogP contribution in [0, 0.1) is 0 Å². The van der Waals surface area contributed by atoms with Crippen LogP contribution in [0.1, 0.15) is 45.1 Å². The Morgan fingerprint density at radius 2 is 1.78 bits per heavy atom.